The van der Waals surface area contributed by atoms with Crippen molar-refractivity contribution in [2.75, 3.05) is 0 Å². The standard InChI is InChI=1S/C21H20ClN3O2/c22-18-10-8-16(9-11-18)15-23-20(26)7-4-14-25-21(27)13-12-19(24-25)17-5-2-1-3-6-17/h1-3,5-6,8-13H,4,7,14-15H2,(H,23,26). The van der Waals surface area contributed by atoms with Crippen LogP contribution in [0, 0.1) is 0 Å². The fourth-order valence-corrected chi connectivity index (χ4v) is 2.78. The number of carbonyl (C=O) groups excluding carboxylic acids is 1. The molecule has 3 aromatic rings. The van der Waals surface area contributed by atoms with Crippen molar-refractivity contribution in [3.63, 3.8) is 0 Å². The molecule has 0 aliphatic rings. The Labute approximate surface area is 162 Å². The van der Waals surface area contributed by atoms with Crippen LogP contribution in [-0.2, 0) is 17.9 Å². The molecule has 0 aliphatic carbocycles. The predicted octanol–water partition coefficient (Wildman–Crippen LogP) is 3.66. The molecule has 0 saturated carbocycles. The van der Waals surface area contributed by atoms with E-state index >= 15 is 0 Å². The first kappa shape index (κ1) is 18.9. The molecule has 27 heavy (non-hydrogen) atoms. The molecular formula is C21H20ClN3O2. The van der Waals surface area contributed by atoms with Crippen LogP contribution >= 0.6 is 11.6 Å². The van der Waals surface area contributed by atoms with Crippen molar-refractivity contribution in [3.05, 3.63) is 87.7 Å². The molecule has 0 saturated heterocycles. The lowest BCUT2D eigenvalue weighted by Crippen LogP contribution is -2.25. The van der Waals surface area contributed by atoms with Crippen LogP contribution in [0.1, 0.15) is 18.4 Å². The number of aryl methyl sites for hydroxylation is 1. The first-order chi connectivity index (χ1) is 13.1. The van der Waals surface area contributed by atoms with Crippen LogP contribution in [0.15, 0.2) is 71.5 Å². The predicted molar refractivity (Wildman–Crippen MR) is 106 cm³/mol. The monoisotopic (exact) mass is 381 g/mol. The Morgan fingerprint density at radius 3 is 2.48 bits per heavy atom. The largest absolute Gasteiger partial charge is 0.352 e. The number of nitrogens with one attached hydrogen (secondary N) is 1. The SMILES string of the molecule is O=C(CCCn1nc(-c2ccccc2)ccc1=O)NCc1ccc(Cl)cc1. The summed E-state index contributed by atoms with van der Waals surface area (Å²) in [4.78, 5) is 24.0. The third-order valence-electron chi connectivity index (χ3n) is 4.11. The molecule has 5 nitrogen and oxygen atoms in total. The molecule has 0 fully saturated rings. The number of hydrogen-bond acceptors (Lipinski definition) is 3. The van der Waals surface area contributed by atoms with E-state index in [-0.39, 0.29) is 11.5 Å². The molecule has 1 aromatic heterocycles. The van der Waals surface area contributed by atoms with Crippen LogP contribution in [0.4, 0.5) is 0 Å². The molecule has 138 valence electrons. The van der Waals surface area contributed by atoms with Crippen molar-refractivity contribution in [2.24, 2.45) is 0 Å². The summed E-state index contributed by atoms with van der Waals surface area (Å²) in [6.45, 7) is 0.853. The Kier molecular flexibility index (Phi) is 6.39. The van der Waals surface area contributed by atoms with E-state index in [0.717, 1.165) is 16.8 Å². The second-order valence-electron chi connectivity index (χ2n) is 6.15. The summed E-state index contributed by atoms with van der Waals surface area (Å²) in [6.07, 6.45) is 0.870. The van der Waals surface area contributed by atoms with Crippen molar-refractivity contribution in [2.45, 2.75) is 25.9 Å². The quantitative estimate of drug-likeness (QED) is 0.679. The van der Waals surface area contributed by atoms with Crippen molar-refractivity contribution in [3.8, 4) is 11.3 Å². The number of rotatable bonds is 7. The maximum Gasteiger partial charge on any atom is 0.266 e. The minimum atomic E-state index is -0.170. The van der Waals surface area contributed by atoms with Crippen LogP contribution in [0.5, 0.6) is 0 Å². The van der Waals surface area contributed by atoms with Gasteiger partial charge < -0.3 is 5.32 Å². The van der Waals surface area contributed by atoms with Gasteiger partial charge in [-0.05, 0) is 30.2 Å². The van der Waals surface area contributed by atoms with Gasteiger partial charge in [-0.1, -0.05) is 54.1 Å². The second kappa shape index (κ2) is 9.14. The van der Waals surface area contributed by atoms with Crippen LogP contribution in [0.3, 0.4) is 0 Å². The normalized spacial score (nSPS) is 10.6. The van der Waals surface area contributed by atoms with Gasteiger partial charge in [0.15, 0.2) is 0 Å². The Morgan fingerprint density at radius 1 is 1.00 bits per heavy atom. The topological polar surface area (TPSA) is 64.0 Å². The van der Waals surface area contributed by atoms with Crippen molar-refractivity contribution in [1.29, 1.82) is 0 Å². The van der Waals surface area contributed by atoms with Gasteiger partial charge in [-0.2, -0.15) is 5.10 Å². The van der Waals surface area contributed by atoms with Crippen LogP contribution < -0.4 is 10.9 Å². The molecular weight excluding hydrogens is 362 g/mol. The van der Waals surface area contributed by atoms with E-state index in [1.165, 1.54) is 10.7 Å². The lowest BCUT2D eigenvalue weighted by atomic mass is 10.1. The van der Waals surface area contributed by atoms with E-state index in [4.69, 9.17) is 11.6 Å². The molecule has 1 N–H and O–H groups in total. The molecule has 0 unspecified atom stereocenters. The Balaban J connectivity index is 1.51. The molecule has 0 bridgehead atoms. The third-order valence-corrected chi connectivity index (χ3v) is 4.36. The van der Waals surface area contributed by atoms with Gasteiger partial charge in [0.25, 0.3) is 5.56 Å². The highest BCUT2D eigenvalue weighted by Crippen LogP contribution is 2.14. The van der Waals surface area contributed by atoms with E-state index < -0.39 is 0 Å². The maximum atomic E-state index is 12.0. The summed E-state index contributed by atoms with van der Waals surface area (Å²) in [5, 5.41) is 7.94. The highest BCUT2D eigenvalue weighted by Gasteiger charge is 2.05. The van der Waals surface area contributed by atoms with Gasteiger partial charge in [0, 0.05) is 36.2 Å². The molecule has 2 aromatic carbocycles. The number of aromatic nitrogens is 2. The van der Waals surface area contributed by atoms with Crippen LogP contribution in [-0.4, -0.2) is 15.7 Å². The summed E-state index contributed by atoms with van der Waals surface area (Å²) in [5.74, 6) is -0.0581. The molecule has 0 spiro atoms. The molecule has 0 aliphatic heterocycles. The van der Waals surface area contributed by atoms with E-state index in [0.29, 0.717) is 31.0 Å². The summed E-state index contributed by atoms with van der Waals surface area (Å²) >= 11 is 5.84. The first-order valence-corrected chi connectivity index (χ1v) is 9.14. The van der Waals surface area contributed by atoms with Crippen LogP contribution in [0.25, 0.3) is 11.3 Å². The zero-order valence-electron chi connectivity index (χ0n) is 14.8. The number of nitrogens with zero attached hydrogens (tertiary/aromatic N) is 2. The lowest BCUT2D eigenvalue weighted by Gasteiger charge is -2.08. The Bertz CT molecular complexity index is 953. The number of amides is 1. The average molecular weight is 382 g/mol. The maximum absolute atomic E-state index is 12.0. The molecule has 3 rings (SSSR count). The smallest absolute Gasteiger partial charge is 0.266 e. The highest BCUT2D eigenvalue weighted by molar-refractivity contribution is 6.30. The highest BCUT2D eigenvalue weighted by atomic mass is 35.5. The minimum Gasteiger partial charge on any atom is -0.352 e. The Hall–Kier alpha value is -2.92. The van der Waals surface area contributed by atoms with E-state index in [1.807, 2.05) is 42.5 Å². The molecule has 0 radical (unpaired) electrons. The minimum absolute atomic E-state index is 0.0581. The van der Waals surface area contributed by atoms with Gasteiger partial charge in [0.05, 0.1) is 5.69 Å². The van der Waals surface area contributed by atoms with E-state index in [9.17, 15) is 9.59 Å². The molecule has 6 heteroatoms. The van der Waals surface area contributed by atoms with Gasteiger partial charge in [0.2, 0.25) is 5.91 Å². The van der Waals surface area contributed by atoms with Gasteiger partial charge in [-0.15, -0.1) is 0 Å². The van der Waals surface area contributed by atoms with E-state index in [1.54, 1.807) is 18.2 Å². The molecule has 1 heterocycles. The summed E-state index contributed by atoms with van der Waals surface area (Å²) < 4.78 is 1.41. The summed E-state index contributed by atoms with van der Waals surface area (Å²) in [6, 6.07) is 20.2. The zero-order chi connectivity index (χ0) is 19.1. The molecule has 1 amide bonds. The van der Waals surface area contributed by atoms with Gasteiger partial charge in [0.1, 0.15) is 0 Å². The third kappa shape index (κ3) is 5.53. The molecule has 0 atom stereocenters. The number of benzene rings is 2. The fourth-order valence-electron chi connectivity index (χ4n) is 2.65. The van der Waals surface area contributed by atoms with Crippen LogP contribution in [0.2, 0.25) is 5.02 Å². The summed E-state index contributed by atoms with van der Waals surface area (Å²) in [7, 11) is 0. The van der Waals surface area contributed by atoms with Crippen molar-refractivity contribution in [1.82, 2.24) is 15.1 Å². The van der Waals surface area contributed by atoms with Gasteiger partial charge in [-0.3, -0.25) is 9.59 Å². The van der Waals surface area contributed by atoms with Crippen molar-refractivity contribution < 1.29 is 4.79 Å². The lowest BCUT2D eigenvalue weighted by molar-refractivity contribution is -0.121. The second-order valence-corrected chi connectivity index (χ2v) is 6.59. The number of carbonyl (C=O) groups is 1. The van der Waals surface area contributed by atoms with Gasteiger partial charge >= 0.3 is 0 Å². The van der Waals surface area contributed by atoms with E-state index in [2.05, 4.69) is 10.4 Å². The zero-order valence-corrected chi connectivity index (χ0v) is 15.5. The summed E-state index contributed by atoms with van der Waals surface area (Å²) in [5.41, 5.74) is 2.51. The van der Waals surface area contributed by atoms with Crippen molar-refractivity contribution >= 4 is 17.5 Å². The Morgan fingerprint density at radius 2 is 1.74 bits per heavy atom. The fraction of sp³-hybridized carbons (Fsp3) is 0.190. The van der Waals surface area contributed by atoms with Gasteiger partial charge in [-0.25, -0.2) is 4.68 Å². The average Bonchev–Trinajstić information content (AvgIpc) is 2.69. The first-order valence-electron chi connectivity index (χ1n) is 8.76. The number of hydrogen-bond donors (Lipinski definition) is 1. The number of halogens is 1.